The van der Waals surface area contributed by atoms with Gasteiger partial charge in [0.05, 0.1) is 13.2 Å². The van der Waals surface area contributed by atoms with Crippen molar-refractivity contribution >= 4 is 40.8 Å². The van der Waals surface area contributed by atoms with Gasteiger partial charge in [-0.15, -0.1) is 12.4 Å². The van der Waals surface area contributed by atoms with E-state index in [2.05, 4.69) is 10.6 Å². The zero-order chi connectivity index (χ0) is 18.8. The molecule has 1 atom stereocenters. The van der Waals surface area contributed by atoms with Gasteiger partial charge in [-0.05, 0) is 43.3 Å². The Kier molecular flexibility index (Phi) is 6.59. The van der Waals surface area contributed by atoms with Crippen molar-refractivity contribution in [3.8, 4) is 0 Å². The zero-order valence-corrected chi connectivity index (χ0v) is 16.8. The number of hydrogen-bond donors (Lipinski definition) is 2. The van der Waals surface area contributed by atoms with Crippen LogP contribution in [-0.4, -0.2) is 60.7 Å². The molecule has 0 saturated carbocycles. The second-order valence-electron chi connectivity index (χ2n) is 7.41. The highest BCUT2D eigenvalue weighted by Crippen LogP contribution is 2.23. The Morgan fingerprint density at radius 1 is 1.25 bits per heavy atom. The third-order valence-electron chi connectivity index (χ3n) is 5.64. The number of aromatic nitrogens is 1. The van der Waals surface area contributed by atoms with E-state index < -0.39 is 0 Å². The lowest BCUT2D eigenvalue weighted by molar-refractivity contribution is -0.135. The summed E-state index contributed by atoms with van der Waals surface area (Å²) in [7, 11) is 0. The second-order valence-corrected chi connectivity index (χ2v) is 7.41. The molecule has 0 aliphatic carbocycles. The SMILES string of the molecule is CC(C(=O)Nc1ccc2c(ccn2CC(=O)N2CCOCC2)c1)C1CNC1.Cl. The Bertz CT molecular complexity index is 843. The standard InChI is InChI=1S/C20H26N4O3.ClH/c1-14(16-11-21-12-16)20(26)22-17-2-3-18-15(10-17)4-5-24(18)13-19(25)23-6-8-27-9-7-23;/h2-5,10,14,16,21H,6-9,11-13H2,1H3,(H,22,26);1H. The summed E-state index contributed by atoms with van der Waals surface area (Å²) in [4.78, 5) is 26.7. The molecule has 28 heavy (non-hydrogen) atoms. The Morgan fingerprint density at radius 3 is 2.68 bits per heavy atom. The summed E-state index contributed by atoms with van der Waals surface area (Å²) in [6.45, 7) is 6.65. The maximum atomic E-state index is 12.5. The average Bonchev–Trinajstić information content (AvgIpc) is 3.03. The van der Waals surface area contributed by atoms with Crippen molar-refractivity contribution in [3.05, 3.63) is 30.5 Å². The molecule has 1 aromatic carbocycles. The van der Waals surface area contributed by atoms with E-state index in [9.17, 15) is 9.59 Å². The fourth-order valence-corrected chi connectivity index (χ4v) is 3.61. The third kappa shape index (κ3) is 4.32. The fraction of sp³-hybridized carbons (Fsp3) is 0.500. The highest BCUT2D eigenvalue weighted by molar-refractivity contribution is 5.95. The van der Waals surface area contributed by atoms with Crippen molar-refractivity contribution in [2.45, 2.75) is 13.5 Å². The fourth-order valence-electron chi connectivity index (χ4n) is 3.61. The first-order valence-corrected chi connectivity index (χ1v) is 9.58. The summed E-state index contributed by atoms with van der Waals surface area (Å²) in [5.41, 5.74) is 1.79. The van der Waals surface area contributed by atoms with E-state index in [-0.39, 0.29) is 30.1 Å². The van der Waals surface area contributed by atoms with Crippen LogP contribution in [0.2, 0.25) is 0 Å². The van der Waals surface area contributed by atoms with Crippen LogP contribution in [0.15, 0.2) is 30.5 Å². The lowest BCUT2D eigenvalue weighted by Crippen LogP contribution is -2.48. The Balaban J connectivity index is 0.00000225. The highest BCUT2D eigenvalue weighted by atomic mass is 35.5. The number of hydrogen-bond acceptors (Lipinski definition) is 4. The number of nitrogens with one attached hydrogen (secondary N) is 2. The summed E-state index contributed by atoms with van der Waals surface area (Å²) >= 11 is 0. The van der Waals surface area contributed by atoms with E-state index in [1.165, 1.54) is 0 Å². The molecule has 2 saturated heterocycles. The van der Waals surface area contributed by atoms with E-state index in [0.717, 1.165) is 29.7 Å². The van der Waals surface area contributed by atoms with Gasteiger partial charge in [0.25, 0.3) is 0 Å². The van der Waals surface area contributed by atoms with Gasteiger partial charge in [0.15, 0.2) is 0 Å². The lowest BCUT2D eigenvalue weighted by atomic mass is 9.88. The number of anilines is 1. The van der Waals surface area contributed by atoms with Gasteiger partial charge >= 0.3 is 0 Å². The average molecular weight is 407 g/mol. The van der Waals surface area contributed by atoms with Gasteiger partial charge in [-0.25, -0.2) is 0 Å². The number of amides is 2. The van der Waals surface area contributed by atoms with E-state index in [4.69, 9.17) is 4.74 Å². The van der Waals surface area contributed by atoms with Crippen LogP contribution >= 0.6 is 12.4 Å². The molecule has 0 radical (unpaired) electrons. The van der Waals surface area contributed by atoms with Crippen LogP contribution < -0.4 is 10.6 Å². The summed E-state index contributed by atoms with van der Waals surface area (Å²) in [6, 6.07) is 7.82. The van der Waals surface area contributed by atoms with Gasteiger partial charge < -0.3 is 24.8 Å². The first kappa shape index (κ1) is 20.6. The minimum atomic E-state index is -0.00214. The van der Waals surface area contributed by atoms with Crippen molar-refractivity contribution in [2.75, 3.05) is 44.7 Å². The predicted molar refractivity (Wildman–Crippen MR) is 111 cm³/mol. The Hall–Kier alpha value is -2.09. The molecule has 7 nitrogen and oxygen atoms in total. The smallest absolute Gasteiger partial charge is 0.242 e. The number of fused-ring (bicyclic) bond motifs is 1. The van der Waals surface area contributed by atoms with Gasteiger partial charge in [0.2, 0.25) is 11.8 Å². The van der Waals surface area contributed by atoms with E-state index in [1.54, 1.807) is 0 Å². The predicted octanol–water partition coefficient (Wildman–Crippen LogP) is 1.72. The molecule has 1 unspecified atom stereocenters. The van der Waals surface area contributed by atoms with Crippen LogP contribution in [-0.2, 0) is 20.9 Å². The highest BCUT2D eigenvalue weighted by Gasteiger charge is 2.28. The van der Waals surface area contributed by atoms with Crippen molar-refractivity contribution in [3.63, 3.8) is 0 Å². The largest absolute Gasteiger partial charge is 0.378 e. The molecule has 2 aliphatic heterocycles. The minimum absolute atomic E-state index is 0. The lowest BCUT2D eigenvalue weighted by Gasteiger charge is -2.31. The molecule has 2 aliphatic rings. The number of benzene rings is 1. The molecule has 2 amide bonds. The van der Waals surface area contributed by atoms with Crippen LogP contribution in [0.5, 0.6) is 0 Å². The topological polar surface area (TPSA) is 75.6 Å². The Labute approximate surface area is 170 Å². The molecular weight excluding hydrogens is 380 g/mol. The van der Waals surface area contributed by atoms with Gasteiger partial charge in [-0.3, -0.25) is 9.59 Å². The maximum Gasteiger partial charge on any atom is 0.242 e. The first-order valence-electron chi connectivity index (χ1n) is 9.58. The zero-order valence-electron chi connectivity index (χ0n) is 16.0. The van der Waals surface area contributed by atoms with Crippen LogP contribution in [0.4, 0.5) is 5.69 Å². The van der Waals surface area contributed by atoms with Crippen molar-refractivity contribution in [1.82, 2.24) is 14.8 Å². The molecular formula is C20H27ClN4O3. The molecule has 4 rings (SSSR count). The number of ether oxygens (including phenoxy) is 1. The quantitative estimate of drug-likeness (QED) is 0.792. The number of carbonyl (C=O) groups is 2. The summed E-state index contributed by atoms with van der Waals surface area (Å²) in [6.07, 6.45) is 1.93. The van der Waals surface area contributed by atoms with Gasteiger partial charge in [-0.2, -0.15) is 0 Å². The maximum absolute atomic E-state index is 12.5. The van der Waals surface area contributed by atoms with E-state index in [0.29, 0.717) is 38.8 Å². The number of morpholine rings is 1. The molecule has 2 aromatic rings. The normalized spacial score (nSPS) is 18.2. The second kappa shape index (κ2) is 8.94. The Morgan fingerprint density at radius 2 is 2.00 bits per heavy atom. The van der Waals surface area contributed by atoms with Gasteiger partial charge in [0.1, 0.15) is 6.54 Å². The number of nitrogens with zero attached hydrogens (tertiary/aromatic N) is 2. The van der Waals surface area contributed by atoms with E-state index >= 15 is 0 Å². The molecule has 1 aromatic heterocycles. The van der Waals surface area contributed by atoms with Crippen molar-refractivity contribution < 1.29 is 14.3 Å². The first-order chi connectivity index (χ1) is 13.1. The van der Waals surface area contributed by atoms with Crippen molar-refractivity contribution in [2.24, 2.45) is 11.8 Å². The van der Waals surface area contributed by atoms with E-state index in [1.807, 2.05) is 46.9 Å². The monoisotopic (exact) mass is 406 g/mol. The van der Waals surface area contributed by atoms with Gasteiger partial charge in [-0.1, -0.05) is 6.92 Å². The summed E-state index contributed by atoms with van der Waals surface area (Å²) in [5.74, 6) is 0.581. The molecule has 152 valence electrons. The number of carbonyl (C=O) groups excluding carboxylic acids is 2. The summed E-state index contributed by atoms with van der Waals surface area (Å²) in [5, 5.41) is 7.24. The van der Waals surface area contributed by atoms with Crippen LogP contribution in [0.3, 0.4) is 0 Å². The minimum Gasteiger partial charge on any atom is -0.378 e. The van der Waals surface area contributed by atoms with Gasteiger partial charge in [0, 0.05) is 41.8 Å². The molecule has 2 N–H and O–H groups in total. The molecule has 8 heteroatoms. The van der Waals surface area contributed by atoms with Crippen molar-refractivity contribution in [1.29, 1.82) is 0 Å². The molecule has 3 heterocycles. The molecule has 2 fully saturated rings. The summed E-state index contributed by atoms with van der Waals surface area (Å²) < 4.78 is 7.26. The number of halogens is 1. The van der Waals surface area contributed by atoms with Crippen LogP contribution in [0.25, 0.3) is 10.9 Å². The third-order valence-corrected chi connectivity index (χ3v) is 5.64. The van der Waals surface area contributed by atoms with Crippen LogP contribution in [0, 0.1) is 11.8 Å². The molecule has 0 spiro atoms. The molecule has 0 bridgehead atoms. The number of rotatable bonds is 5. The van der Waals surface area contributed by atoms with Crippen LogP contribution in [0.1, 0.15) is 6.92 Å².